The van der Waals surface area contributed by atoms with E-state index in [1.807, 2.05) is 6.07 Å². The lowest BCUT2D eigenvalue weighted by Crippen LogP contribution is -2.43. The van der Waals surface area contributed by atoms with Crippen molar-refractivity contribution >= 4 is 16.0 Å². The molecular formula is C12H17NO5S. The lowest BCUT2D eigenvalue weighted by Gasteiger charge is -2.14. The standard InChI is InChI=1S/C12H17NO5S/c1-8-4-9(2)6-10(5-8)19(16,17)13-11(7-14)12(15)18-3/h4-6,11,13-14H,7H2,1-3H3. The quantitative estimate of drug-likeness (QED) is 0.750. The summed E-state index contributed by atoms with van der Waals surface area (Å²) < 4.78 is 30.7. The summed E-state index contributed by atoms with van der Waals surface area (Å²) in [6.07, 6.45) is 0. The number of rotatable bonds is 5. The average molecular weight is 287 g/mol. The zero-order valence-electron chi connectivity index (χ0n) is 11.0. The van der Waals surface area contributed by atoms with Crippen LogP contribution in [0, 0.1) is 13.8 Å². The first-order valence-electron chi connectivity index (χ1n) is 5.59. The van der Waals surface area contributed by atoms with Gasteiger partial charge in [-0.2, -0.15) is 4.72 Å². The number of ether oxygens (including phenoxy) is 1. The van der Waals surface area contributed by atoms with Gasteiger partial charge in [-0.15, -0.1) is 0 Å². The second kappa shape index (κ2) is 6.14. The number of esters is 1. The van der Waals surface area contributed by atoms with E-state index in [9.17, 15) is 13.2 Å². The number of carbonyl (C=O) groups excluding carboxylic acids is 1. The van der Waals surface area contributed by atoms with Gasteiger partial charge in [-0.3, -0.25) is 4.79 Å². The first kappa shape index (κ1) is 15.6. The molecule has 106 valence electrons. The Morgan fingerprint density at radius 1 is 1.32 bits per heavy atom. The van der Waals surface area contributed by atoms with Crippen molar-refractivity contribution in [2.24, 2.45) is 0 Å². The topological polar surface area (TPSA) is 92.7 Å². The third-order valence-electron chi connectivity index (χ3n) is 2.47. The lowest BCUT2D eigenvalue weighted by atomic mass is 10.2. The fourth-order valence-electron chi connectivity index (χ4n) is 1.65. The van der Waals surface area contributed by atoms with Gasteiger partial charge in [0.25, 0.3) is 0 Å². The highest BCUT2D eigenvalue weighted by atomic mass is 32.2. The molecule has 0 aliphatic rings. The van der Waals surface area contributed by atoms with Gasteiger partial charge >= 0.3 is 5.97 Å². The van der Waals surface area contributed by atoms with Gasteiger partial charge in [0.2, 0.25) is 10.0 Å². The van der Waals surface area contributed by atoms with Crippen molar-refractivity contribution in [2.45, 2.75) is 24.8 Å². The van der Waals surface area contributed by atoms with Crippen molar-refractivity contribution in [1.29, 1.82) is 0 Å². The van der Waals surface area contributed by atoms with E-state index in [0.717, 1.165) is 18.2 Å². The SMILES string of the molecule is COC(=O)C(CO)NS(=O)(=O)c1cc(C)cc(C)c1. The minimum Gasteiger partial charge on any atom is -0.468 e. The van der Waals surface area contributed by atoms with Crippen LogP contribution in [-0.2, 0) is 19.6 Å². The van der Waals surface area contributed by atoms with Crippen LogP contribution in [0.4, 0.5) is 0 Å². The summed E-state index contributed by atoms with van der Waals surface area (Å²) in [6, 6.07) is 3.50. The Hall–Kier alpha value is -1.44. The Balaban J connectivity index is 3.07. The molecule has 7 heteroatoms. The van der Waals surface area contributed by atoms with Crippen molar-refractivity contribution in [1.82, 2.24) is 4.72 Å². The Morgan fingerprint density at radius 2 is 1.84 bits per heavy atom. The molecule has 19 heavy (non-hydrogen) atoms. The molecule has 2 N–H and O–H groups in total. The molecule has 1 aromatic rings. The van der Waals surface area contributed by atoms with E-state index >= 15 is 0 Å². The van der Waals surface area contributed by atoms with Gasteiger partial charge in [0.15, 0.2) is 0 Å². The van der Waals surface area contributed by atoms with Gasteiger partial charge in [-0.1, -0.05) is 6.07 Å². The van der Waals surface area contributed by atoms with Crippen LogP contribution in [0.5, 0.6) is 0 Å². The summed E-state index contributed by atoms with van der Waals surface area (Å²) in [4.78, 5) is 11.3. The second-order valence-corrected chi connectivity index (χ2v) is 5.92. The molecule has 0 saturated heterocycles. The monoisotopic (exact) mass is 287 g/mol. The molecule has 0 fully saturated rings. The maximum absolute atomic E-state index is 12.1. The molecule has 1 atom stereocenters. The third kappa shape index (κ3) is 4.02. The zero-order valence-corrected chi connectivity index (χ0v) is 11.8. The number of carbonyl (C=O) groups is 1. The number of methoxy groups -OCH3 is 1. The van der Waals surface area contributed by atoms with Crippen LogP contribution in [0.2, 0.25) is 0 Å². The van der Waals surface area contributed by atoms with Crippen molar-refractivity contribution in [3.63, 3.8) is 0 Å². The second-order valence-electron chi connectivity index (χ2n) is 4.20. The highest BCUT2D eigenvalue weighted by molar-refractivity contribution is 7.89. The van der Waals surface area contributed by atoms with Crippen molar-refractivity contribution in [3.05, 3.63) is 29.3 Å². The van der Waals surface area contributed by atoms with Crippen LogP contribution < -0.4 is 4.72 Å². The molecular weight excluding hydrogens is 270 g/mol. The van der Waals surface area contributed by atoms with Crippen LogP contribution in [0.1, 0.15) is 11.1 Å². The highest BCUT2D eigenvalue weighted by Crippen LogP contribution is 2.14. The summed E-state index contributed by atoms with van der Waals surface area (Å²) in [6.45, 7) is 2.88. The molecule has 0 aromatic heterocycles. The predicted octanol–water partition coefficient (Wildman–Crippen LogP) is 0.116. The molecule has 0 aliphatic carbocycles. The number of benzene rings is 1. The van der Waals surface area contributed by atoms with Crippen molar-refractivity contribution in [2.75, 3.05) is 13.7 Å². The Labute approximate surface area is 112 Å². The van der Waals surface area contributed by atoms with E-state index in [1.165, 1.54) is 12.1 Å². The molecule has 6 nitrogen and oxygen atoms in total. The fraction of sp³-hybridized carbons (Fsp3) is 0.417. The molecule has 0 amide bonds. The maximum atomic E-state index is 12.1. The molecule has 0 radical (unpaired) electrons. The number of sulfonamides is 1. The number of nitrogens with one attached hydrogen (secondary N) is 1. The Morgan fingerprint density at radius 3 is 2.26 bits per heavy atom. The number of aryl methyl sites for hydroxylation is 2. The number of aliphatic hydroxyl groups is 1. The van der Waals surface area contributed by atoms with Crippen LogP contribution >= 0.6 is 0 Å². The third-order valence-corrected chi connectivity index (χ3v) is 3.92. The molecule has 0 aliphatic heterocycles. The zero-order chi connectivity index (χ0) is 14.6. The molecule has 0 bridgehead atoms. The van der Waals surface area contributed by atoms with Gasteiger partial charge in [-0.05, 0) is 37.1 Å². The molecule has 1 aromatic carbocycles. The Kier molecular flexibility index (Phi) is 5.04. The Bertz CT molecular complexity index is 547. The van der Waals surface area contributed by atoms with E-state index in [-0.39, 0.29) is 4.90 Å². The number of hydrogen-bond acceptors (Lipinski definition) is 5. The minimum absolute atomic E-state index is 0.0485. The largest absolute Gasteiger partial charge is 0.468 e. The lowest BCUT2D eigenvalue weighted by molar-refractivity contribution is -0.143. The number of hydrogen-bond donors (Lipinski definition) is 2. The van der Waals surface area contributed by atoms with Crippen LogP contribution in [-0.4, -0.2) is 39.3 Å². The maximum Gasteiger partial charge on any atom is 0.326 e. The van der Waals surface area contributed by atoms with E-state index in [1.54, 1.807) is 13.8 Å². The molecule has 0 heterocycles. The van der Waals surface area contributed by atoms with Gasteiger partial charge in [0, 0.05) is 0 Å². The van der Waals surface area contributed by atoms with Crippen LogP contribution in [0.3, 0.4) is 0 Å². The van der Waals surface area contributed by atoms with Gasteiger partial charge in [0.05, 0.1) is 18.6 Å². The van der Waals surface area contributed by atoms with Gasteiger partial charge < -0.3 is 9.84 Å². The molecule has 0 spiro atoms. The van der Waals surface area contributed by atoms with Crippen molar-refractivity contribution in [3.8, 4) is 0 Å². The summed E-state index contributed by atoms with van der Waals surface area (Å²) in [5.41, 5.74) is 1.58. The van der Waals surface area contributed by atoms with Crippen LogP contribution in [0.25, 0.3) is 0 Å². The highest BCUT2D eigenvalue weighted by Gasteiger charge is 2.25. The first-order valence-corrected chi connectivity index (χ1v) is 7.08. The van der Waals surface area contributed by atoms with E-state index in [4.69, 9.17) is 5.11 Å². The van der Waals surface area contributed by atoms with E-state index in [0.29, 0.717) is 0 Å². The first-order chi connectivity index (χ1) is 8.80. The summed E-state index contributed by atoms with van der Waals surface area (Å²) in [7, 11) is -2.76. The predicted molar refractivity (Wildman–Crippen MR) is 69.1 cm³/mol. The smallest absolute Gasteiger partial charge is 0.326 e. The van der Waals surface area contributed by atoms with E-state index < -0.39 is 28.6 Å². The van der Waals surface area contributed by atoms with Crippen LogP contribution in [0.15, 0.2) is 23.1 Å². The normalized spacial score (nSPS) is 13.1. The average Bonchev–Trinajstić information content (AvgIpc) is 2.34. The van der Waals surface area contributed by atoms with Gasteiger partial charge in [-0.25, -0.2) is 8.42 Å². The fourth-order valence-corrected chi connectivity index (χ4v) is 3.01. The molecule has 1 unspecified atom stereocenters. The molecule has 1 rings (SSSR count). The van der Waals surface area contributed by atoms with Crippen molar-refractivity contribution < 1.29 is 23.1 Å². The minimum atomic E-state index is -3.88. The summed E-state index contributed by atoms with van der Waals surface area (Å²) in [5.74, 6) is -0.838. The number of aliphatic hydroxyl groups excluding tert-OH is 1. The van der Waals surface area contributed by atoms with Gasteiger partial charge in [0.1, 0.15) is 6.04 Å². The molecule has 0 saturated carbocycles. The summed E-state index contributed by atoms with van der Waals surface area (Å²) in [5, 5.41) is 9.02. The summed E-state index contributed by atoms with van der Waals surface area (Å²) >= 11 is 0. The van der Waals surface area contributed by atoms with E-state index in [2.05, 4.69) is 9.46 Å².